The van der Waals surface area contributed by atoms with Gasteiger partial charge in [0, 0.05) is 22.2 Å². The van der Waals surface area contributed by atoms with Crippen LogP contribution in [-0.4, -0.2) is 34.9 Å². The molecule has 6 rings (SSSR count). The summed E-state index contributed by atoms with van der Waals surface area (Å²) in [6, 6.07) is 14.7. The fourth-order valence-electron chi connectivity index (χ4n) is 8.67. The highest BCUT2D eigenvalue weighted by molar-refractivity contribution is 6.49. The molecule has 2 aromatic carbocycles. The second-order valence-electron chi connectivity index (χ2n) is 14.5. The summed E-state index contributed by atoms with van der Waals surface area (Å²) in [4.78, 5) is 78.4. The molecular formula is C35H38N2O6. The minimum Gasteiger partial charge on any atom is -0.325 e. The Labute approximate surface area is 251 Å². The maximum absolute atomic E-state index is 13.5. The van der Waals surface area contributed by atoms with Gasteiger partial charge in [0.2, 0.25) is 34.9 Å². The second kappa shape index (κ2) is 8.80. The Kier molecular flexibility index (Phi) is 5.97. The summed E-state index contributed by atoms with van der Waals surface area (Å²) in [7, 11) is 0. The van der Waals surface area contributed by atoms with Crippen molar-refractivity contribution in [2.24, 2.45) is 32.5 Å². The fourth-order valence-corrected chi connectivity index (χ4v) is 8.67. The lowest BCUT2D eigenvalue weighted by atomic mass is 9.64. The molecule has 0 aliphatic heterocycles. The molecular weight excluding hydrogens is 544 g/mol. The number of rotatable bonds is 6. The number of fused-ring (bicyclic) bond motifs is 4. The van der Waals surface area contributed by atoms with Crippen molar-refractivity contribution in [2.75, 3.05) is 10.6 Å². The normalized spacial score (nSPS) is 33.3. The van der Waals surface area contributed by atoms with Crippen molar-refractivity contribution < 1.29 is 28.8 Å². The summed E-state index contributed by atoms with van der Waals surface area (Å²) in [5.41, 5.74) is -2.74. The van der Waals surface area contributed by atoms with E-state index in [1.165, 1.54) is 0 Å². The summed E-state index contributed by atoms with van der Waals surface area (Å²) < 4.78 is 0. The number of hydrogen-bond donors (Lipinski definition) is 2. The van der Waals surface area contributed by atoms with Crippen LogP contribution < -0.4 is 10.6 Å². The number of carbonyl (C=O) groups excluding carboxylic acids is 6. The van der Waals surface area contributed by atoms with Crippen LogP contribution in [0.5, 0.6) is 0 Å². The first-order chi connectivity index (χ1) is 20.0. The Balaban J connectivity index is 1.11. The molecule has 4 aliphatic carbocycles. The van der Waals surface area contributed by atoms with E-state index in [0.29, 0.717) is 43.5 Å². The van der Waals surface area contributed by atoms with Crippen LogP contribution in [0.2, 0.25) is 0 Å². The van der Waals surface area contributed by atoms with E-state index in [1.54, 1.807) is 38.1 Å². The molecule has 4 bridgehead atoms. The van der Waals surface area contributed by atoms with Crippen LogP contribution in [0.1, 0.15) is 78.4 Å². The van der Waals surface area contributed by atoms with Gasteiger partial charge in [-0.25, -0.2) is 0 Å². The minimum absolute atomic E-state index is 0.369. The lowest BCUT2D eigenvalue weighted by Gasteiger charge is -2.37. The number of hydrogen-bond acceptors (Lipinski definition) is 6. The van der Waals surface area contributed by atoms with Gasteiger partial charge >= 0.3 is 0 Å². The van der Waals surface area contributed by atoms with Gasteiger partial charge in [0.25, 0.3) is 0 Å². The zero-order valence-corrected chi connectivity index (χ0v) is 25.6. The van der Waals surface area contributed by atoms with E-state index in [9.17, 15) is 28.8 Å². The summed E-state index contributed by atoms with van der Waals surface area (Å²) in [6.45, 7) is 11.0. The van der Waals surface area contributed by atoms with Gasteiger partial charge in [0.1, 0.15) is 10.8 Å². The topological polar surface area (TPSA) is 126 Å². The third kappa shape index (κ3) is 3.32. The van der Waals surface area contributed by atoms with Crippen LogP contribution in [-0.2, 0) is 35.2 Å². The van der Waals surface area contributed by atoms with Gasteiger partial charge in [-0.15, -0.1) is 0 Å². The molecule has 4 atom stereocenters. The maximum Gasteiger partial charge on any atom is 0.239 e. The molecule has 0 radical (unpaired) electrons. The Hall–Kier alpha value is -3.94. The minimum atomic E-state index is -1.35. The van der Waals surface area contributed by atoms with Crippen LogP contribution in [0.3, 0.4) is 0 Å². The van der Waals surface area contributed by atoms with Crippen molar-refractivity contribution in [2.45, 2.75) is 73.6 Å². The Morgan fingerprint density at radius 1 is 0.535 bits per heavy atom. The number of Topliss-reactive ketones (excluding diaryl/α,β-unsaturated/α-hetero) is 4. The van der Waals surface area contributed by atoms with Gasteiger partial charge in [-0.2, -0.15) is 0 Å². The van der Waals surface area contributed by atoms with Crippen LogP contribution >= 0.6 is 0 Å². The molecule has 8 heteroatoms. The molecule has 2 aromatic rings. The molecule has 4 fully saturated rings. The molecule has 0 heterocycles. The quantitative estimate of drug-likeness (QED) is 0.361. The molecule has 4 unspecified atom stereocenters. The fraction of sp³-hybridized carbons (Fsp3) is 0.486. The third-order valence-electron chi connectivity index (χ3n) is 12.7. The highest BCUT2D eigenvalue weighted by atomic mass is 16.2. The molecule has 43 heavy (non-hydrogen) atoms. The SMILES string of the molecule is CC12CCC(C(=O)Nc3ccc(Cc4ccc(NC(=O)C56CCC(C)(C(=O)C5=O)C6(C)C)cc4)cc3)(C(=O)C1=O)C2(C)C. The Morgan fingerprint density at radius 3 is 1.14 bits per heavy atom. The summed E-state index contributed by atoms with van der Waals surface area (Å²) in [6.07, 6.45) is 2.39. The van der Waals surface area contributed by atoms with E-state index >= 15 is 0 Å². The highest BCUT2D eigenvalue weighted by Crippen LogP contribution is 2.70. The molecule has 2 amide bonds. The van der Waals surface area contributed by atoms with E-state index in [-0.39, 0.29) is 0 Å². The number of carbonyl (C=O) groups is 6. The van der Waals surface area contributed by atoms with Crippen molar-refractivity contribution in [1.29, 1.82) is 0 Å². The number of amides is 2. The van der Waals surface area contributed by atoms with Crippen molar-refractivity contribution in [3.63, 3.8) is 0 Å². The van der Waals surface area contributed by atoms with Crippen LogP contribution in [0.15, 0.2) is 48.5 Å². The largest absolute Gasteiger partial charge is 0.325 e. The van der Waals surface area contributed by atoms with E-state index in [0.717, 1.165) is 11.1 Å². The number of benzene rings is 2. The molecule has 4 aliphatic rings. The lowest BCUT2D eigenvalue weighted by molar-refractivity contribution is -0.147. The monoisotopic (exact) mass is 582 g/mol. The van der Waals surface area contributed by atoms with Gasteiger partial charge in [0.15, 0.2) is 0 Å². The smallest absolute Gasteiger partial charge is 0.239 e. The number of ketones is 4. The Morgan fingerprint density at radius 2 is 0.860 bits per heavy atom. The number of nitrogens with one attached hydrogen (secondary N) is 2. The van der Waals surface area contributed by atoms with Crippen LogP contribution in [0, 0.1) is 32.5 Å². The number of anilines is 2. The second-order valence-corrected chi connectivity index (χ2v) is 14.5. The van der Waals surface area contributed by atoms with Gasteiger partial charge < -0.3 is 10.6 Å². The molecule has 4 saturated carbocycles. The average Bonchev–Trinajstić information content (AvgIpc) is 3.40. The molecule has 224 valence electrons. The average molecular weight is 583 g/mol. The molecule has 0 spiro atoms. The van der Waals surface area contributed by atoms with Crippen LogP contribution in [0.25, 0.3) is 0 Å². The lowest BCUT2D eigenvalue weighted by Crippen LogP contribution is -2.47. The Bertz CT molecular complexity index is 1520. The molecule has 2 N–H and O–H groups in total. The standard InChI is InChI=1S/C35H38N2O6/c1-30(2)32(5)15-17-34(30,26(40)24(32)38)28(42)36-22-11-7-20(8-12-22)19-21-9-13-23(14-10-21)37-29(43)35-18-16-33(6,31(35,3)4)25(39)27(35)41/h7-14H,15-19H2,1-6H3,(H,36,42)(H,37,43). The predicted octanol–water partition coefficient (Wildman–Crippen LogP) is 5.08. The van der Waals surface area contributed by atoms with Crippen molar-refractivity contribution in [3.05, 3.63) is 59.7 Å². The van der Waals surface area contributed by atoms with Crippen molar-refractivity contribution in [1.82, 2.24) is 0 Å². The van der Waals surface area contributed by atoms with Gasteiger partial charge in [-0.05, 0) is 78.3 Å². The third-order valence-corrected chi connectivity index (χ3v) is 12.7. The van der Waals surface area contributed by atoms with E-state index < -0.39 is 67.4 Å². The first kappa shape index (κ1) is 29.1. The molecule has 0 saturated heterocycles. The van der Waals surface area contributed by atoms with E-state index in [4.69, 9.17) is 0 Å². The summed E-state index contributed by atoms with van der Waals surface area (Å²) in [5.74, 6) is -2.87. The van der Waals surface area contributed by atoms with Crippen LogP contribution in [0.4, 0.5) is 11.4 Å². The predicted molar refractivity (Wildman–Crippen MR) is 160 cm³/mol. The van der Waals surface area contributed by atoms with E-state index in [1.807, 2.05) is 52.0 Å². The van der Waals surface area contributed by atoms with Crippen molar-refractivity contribution in [3.8, 4) is 0 Å². The zero-order chi connectivity index (χ0) is 31.4. The molecule has 8 nitrogen and oxygen atoms in total. The van der Waals surface area contributed by atoms with Gasteiger partial charge in [0.05, 0.1) is 0 Å². The first-order valence-electron chi connectivity index (χ1n) is 15.0. The van der Waals surface area contributed by atoms with Gasteiger partial charge in [-0.1, -0.05) is 65.8 Å². The zero-order valence-electron chi connectivity index (χ0n) is 25.6. The summed E-state index contributed by atoms with van der Waals surface area (Å²) in [5, 5.41) is 5.79. The first-order valence-corrected chi connectivity index (χ1v) is 15.0. The van der Waals surface area contributed by atoms with Crippen molar-refractivity contribution >= 4 is 46.3 Å². The van der Waals surface area contributed by atoms with E-state index in [2.05, 4.69) is 10.6 Å². The maximum atomic E-state index is 13.5. The highest BCUT2D eigenvalue weighted by Gasteiger charge is 2.79. The molecule has 0 aromatic heterocycles. The summed E-state index contributed by atoms with van der Waals surface area (Å²) >= 11 is 0. The van der Waals surface area contributed by atoms with Gasteiger partial charge in [-0.3, -0.25) is 28.8 Å².